The summed E-state index contributed by atoms with van der Waals surface area (Å²) in [5.41, 5.74) is 0.757. The molecule has 3 aromatic rings. The lowest BCUT2D eigenvalue weighted by Gasteiger charge is -2.16. The van der Waals surface area contributed by atoms with Crippen molar-refractivity contribution in [3.63, 3.8) is 0 Å². The Morgan fingerprint density at radius 1 is 1.10 bits per heavy atom. The van der Waals surface area contributed by atoms with Gasteiger partial charge in [-0.3, -0.25) is 9.59 Å². The van der Waals surface area contributed by atoms with Gasteiger partial charge in [-0.05, 0) is 43.2 Å². The number of nitrogens with zero attached hydrogens (tertiary/aromatic N) is 2. The molecular formula is C21H22N4O4S. The van der Waals surface area contributed by atoms with Gasteiger partial charge in [0.1, 0.15) is 5.82 Å². The number of anilines is 1. The van der Waals surface area contributed by atoms with Crippen LogP contribution in [0.15, 0.2) is 58.2 Å². The van der Waals surface area contributed by atoms with Gasteiger partial charge in [0.25, 0.3) is 5.56 Å². The van der Waals surface area contributed by atoms with E-state index in [1.807, 2.05) is 0 Å². The highest BCUT2D eigenvalue weighted by Crippen LogP contribution is 2.23. The second kappa shape index (κ2) is 8.37. The molecule has 0 atom stereocenters. The third kappa shape index (κ3) is 4.27. The fraction of sp³-hybridized carbons (Fsp3) is 0.286. The number of para-hydroxylation sites is 1. The fourth-order valence-corrected chi connectivity index (χ4v) is 5.08. The number of fused-ring (bicyclic) bond motifs is 1. The maximum atomic E-state index is 12.7. The molecule has 0 unspecified atom stereocenters. The van der Waals surface area contributed by atoms with Crippen LogP contribution in [0.2, 0.25) is 0 Å². The molecule has 0 bridgehead atoms. The highest BCUT2D eigenvalue weighted by atomic mass is 32.2. The quantitative estimate of drug-likeness (QED) is 0.628. The number of aromatic amines is 1. The molecule has 1 aromatic heterocycles. The van der Waals surface area contributed by atoms with Crippen molar-refractivity contribution in [2.75, 3.05) is 18.4 Å². The average molecular weight is 426 g/mol. The summed E-state index contributed by atoms with van der Waals surface area (Å²) in [4.78, 5) is 31.7. The molecule has 2 aromatic carbocycles. The van der Waals surface area contributed by atoms with Gasteiger partial charge in [-0.25, -0.2) is 13.4 Å². The van der Waals surface area contributed by atoms with Crippen LogP contribution in [0.3, 0.4) is 0 Å². The van der Waals surface area contributed by atoms with Crippen LogP contribution in [0.4, 0.5) is 5.69 Å². The summed E-state index contributed by atoms with van der Waals surface area (Å²) in [6.07, 6.45) is 2.09. The molecule has 2 heterocycles. The van der Waals surface area contributed by atoms with Crippen LogP contribution in [0, 0.1) is 0 Å². The Kier molecular flexibility index (Phi) is 5.65. The van der Waals surface area contributed by atoms with Crippen molar-refractivity contribution < 1.29 is 13.2 Å². The number of carbonyl (C=O) groups excluding carboxylic acids is 1. The molecule has 9 heteroatoms. The third-order valence-corrected chi connectivity index (χ3v) is 6.97. The van der Waals surface area contributed by atoms with Crippen LogP contribution in [0.1, 0.15) is 25.1 Å². The zero-order chi connectivity index (χ0) is 21.1. The first kappa shape index (κ1) is 20.2. The number of hydrogen-bond acceptors (Lipinski definition) is 5. The van der Waals surface area contributed by atoms with Crippen LogP contribution in [-0.4, -0.2) is 41.7 Å². The highest BCUT2D eigenvalue weighted by molar-refractivity contribution is 7.89. The van der Waals surface area contributed by atoms with E-state index in [1.54, 1.807) is 36.4 Å². The number of aryl methyl sites for hydroxylation is 1. The van der Waals surface area contributed by atoms with Crippen LogP contribution < -0.4 is 10.9 Å². The lowest BCUT2D eigenvalue weighted by molar-refractivity contribution is -0.116. The van der Waals surface area contributed by atoms with Crippen molar-refractivity contribution in [2.24, 2.45) is 0 Å². The maximum absolute atomic E-state index is 12.7. The van der Waals surface area contributed by atoms with E-state index < -0.39 is 10.0 Å². The zero-order valence-electron chi connectivity index (χ0n) is 16.3. The summed E-state index contributed by atoms with van der Waals surface area (Å²) in [7, 11) is -3.55. The molecule has 156 valence electrons. The van der Waals surface area contributed by atoms with Crippen molar-refractivity contribution in [1.29, 1.82) is 0 Å². The topological polar surface area (TPSA) is 112 Å². The zero-order valence-corrected chi connectivity index (χ0v) is 17.1. The third-order valence-electron chi connectivity index (χ3n) is 5.07. The molecule has 1 aliphatic heterocycles. The standard InChI is InChI=1S/C21H22N4O4S/c26-20(11-10-19-23-18-9-2-1-8-17(18)21(27)24-19)22-15-6-5-7-16(14-15)30(28,29)25-12-3-4-13-25/h1-2,5-9,14H,3-4,10-13H2,(H,22,26)(H,23,24,27). The molecule has 0 radical (unpaired) electrons. The van der Waals surface area contributed by atoms with Gasteiger partial charge in [0, 0.05) is 31.6 Å². The van der Waals surface area contributed by atoms with Crippen LogP contribution >= 0.6 is 0 Å². The molecular weight excluding hydrogens is 404 g/mol. The summed E-state index contributed by atoms with van der Waals surface area (Å²) < 4.78 is 26.9. The van der Waals surface area contributed by atoms with E-state index >= 15 is 0 Å². The molecule has 4 rings (SSSR count). The number of rotatable bonds is 6. The number of amides is 1. The average Bonchev–Trinajstić information content (AvgIpc) is 3.28. The molecule has 30 heavy (non-hydrogen) atoms. The highest BCUT2D eigenvalue weighted by Gasteiger charge is 2.27. The van der Waals surface area contributed by atoms with E-state index in [2.05, 4.69) is 15.3 Å². The van der Waals surface area contributed by atoms with E-state index in [-0.39, 0.29) is 29.2 Å². The van der Waals surface area contributed by atoms with Crippen molar-refractivity contribution in [3.8, 4) is 0 Å². The molecule has 0 spiro atoms. The number of nitrogens with one attached hydrogen (secondary N) is 2. The molecule has 1 amide bonds. The Balaban J connectivity index is 1.43. The molecule has 8 nitrogen and oxygen atoms in total. The van der Waals surface area contributed by atoms with E-state index in [4.69, 9.17) is 0 Å². The second-order valence-corrected chi connectivity index (χ2v) is 9.15. The van der Waals surface area contributed by atoms with Crippen molar-refractivity contribution in [2.45, 2.75) is 30.6 Å². The lowest BCUT2D eigenvalue weighted by Crippen LogP contribution is -2.27. The number of carbonyl (C=O) groups is 1. The first-order chi connectivity index (χ1) is 14.4. The van der Waals surface area contributed by atoms with Crippen molar-refractivity contribution >= 4 is 32.5 Å². The monoisotopic (exact) mass is 426 g/mol. The Labute approximate surface area is 174 Å². The first-order valence-corrected chi connectivity index (χ1v) is 11.3. The van der Waals surface area contributed by atoms with Gasteiger partial charge in [-0.15, -0.1) is 0 Å². The van der Waals surface area contributed by atoms with Gasteiger partial charge < -0.3 is 10.3 Å². The Morgan fingerprint density at radius 3 is 2.67 bits per heavy atom. The smallest absolute Gasteiger partial charge is 0.258 e. The molecule has 0 saturated carbocycles. The second-order valence-electron chi connectivity index (χ2n) is 7.22. The molecule has 0 aliphatic carbocycles. The SMILES string of the molecule is O=C(CCc1nc2ccccc2c(=O)[nH]1)Nc1cccc(S(=O)(=O)N2CCCC2)c1. The Hall–Kier alpha value is -3.04. The summed E-state index contributed by atoms with van der Waals surface area (Å²) >= 11 is 0. The Bertz CT molecular complexity index is 1250. The molecule has 2 N–H and O–H groups in total. The van der Waals surface area contributed by atoms with E-state index in [0.29, 0.717) is 35.5 Å². The van der Waals surface area contributed by atoms with Gasteiger partial charge in [0.2, 0.25) is 15.9 Å². The van der Waals surface area contributed by atoms with Crippen LogP contribution in [-0.2, 0) is 21.2 Å². The summed E-state index contributed by atoms with van der Waals surface area (Å²) in [6.45, 7) is 1.05. The number of sulfonamides is 1. The van der Waals surface area contributed by atoms with Gasteiger partial charge in [-0.2, -0.15) is 4.31 Å². The van der Waals surface area contributed by atoms with Gasteiger partial charge in [0.05, 0.1) is 15.8 Å². The van der Waals surface area contributed by atoms with Gasteiger partial charge in [0.15, 0.2) is 0 Å². The number of benzene rings is 2. The normalized spacial score (nSPS) is 14.8. The minimum absolute atomic E-state index is 0.102. The van der Waals surface area contributed by atoms with Crippen LogP contribution in [0.5, 0.6) is 0 Å². The predicted molar refractivity (Wildman–Crippen MR) is 114 cm³/mol. The van der Waals surface area contributed by atoms with E-state index in [1.165, 1.54) is 16.4 Å². The molecule has 1 fully saturated rings. The minimum atomic E-state index is -3.55. The lowest BCUT2D eigenvalue weighted by atomic mass is 10.2. The maximum Gasteiger partial charge on any atom is 0.258 e. The summed E-state index contributed by atoms with van der Waals surface area (Å²) in [5.74, 6) is 0.140. The fourth-order valence-electron chi connectivity index (χ4n) is 3.52. The predicted octanol–water partition coefficient (Wildman–Crippen LogP) is 2.28. The number of hydrogen-bond donors (Lipinski definition) is 2. The van der Waals surface area contributed by atoms with E-state index in [9.17, 15) is 18.0 Å². The first-order valence-electron chi connectivity index (χ1n) is 9.81. The molecule has 1 aliphatic rings. The Morgan fingerprint density at radius 2 is 1.87 bits per heavy atom. The largest absolute Gasteiger partial charge is 0.326 e. The van der Waals surface area contributed by atoms with Crippen molar-refractivity contribution in [1.82, 2.24) is 14.3 Å². The summed E-state index contributed by atoms with van der Waals surface area (Å²) in [5, 5.41) is 3.23. The number of aromatic nitrogens is 2. The van der Waals surface area contributed by atoms with Gasteiger partial charge in [-0.1, -0.05) is 18.2 Å². The minimum Gasteiger partial charge on any atom is -0.326 e. The van der Waals surface area contributed by atoms with Crippen LogP contribution in [0.25, 0.3) is 10.9 Å². The number of H-pyrrole nitrogens is 1. The molecule has 1 saturated heterocycles. The summed E-state index contributed by atoms with van der Waals surface area (Å²) in [6, 6.07) is 13.3. The van der Waals surface area contributed by atoms with E-state index in [0.717, 1.165) is 12.8 Å². The van der Waals surface area contributed by atoms with Crippen molar-refractivity contribution in [3.05, 3.63) is 64.7 Å². The van der Waals surface area contributed by atoms with Gasteiger partial charge >= 0.3 is 0 Å².